The Labute approximate surface area is 504 Å². The Bertz CT molecular complexity index is 4350. The zero-order valence-electron chi connectivity index (χ0n) is 52.4. The molecule has 0 amide bonds. The molecule has 4 heterocycles. The summed E-state index contributed by atoms with van der Waals surface area (Å²) < 4.78 is 10.1. The number of fused-ring (bicyclic) bond motifs is 12. The van der Waals surface area contributed by atoms with Crippen LogP contribution in [0.5, 0.6) is 0 Å². The van der Waals surface area contributed by atoms with E-state index in [2.05, 4.69) is 282 Å². The Morgan fingerprint density at radius 2 is 0.976 bits per heavy atom. The van der Waals surface area contributed by atoms with Gasteiger partial charge in [-0.1, -0.05) is 171 Å². The van der Waals surface area contributed by atoms with Crippen molar-refractivity contribution in [1.29, 1.82) is 0 Å². The van der Waals surface area contributed by atoms with Crippen LogP contribution in [0.2, 0.25) is 0 Å². The van der Waals surface area contributed by atoms with Gasteiger partial charge < -0.3 is 19.1 Å². The lowest BCUT2D eigenvalue weighted by Gasteiger charge is -2.47. The highest BCUT2D eigenvalue weighted by molar-refractivity contribution is 7.33. The Kier molecular flexibility index (Phi) is 11.4. The lowest BCUT2D eigenvalue weighted by Crippen LogP contribution is -2.61. The predicted octanol–water partition coefficient (Wildman–Crippen LogP) is 20.7. The summed E-state index contributed by atoms with van der Waals surface area (Å²) in [6.45, 7) is 36.7. The van der Waals surface area contributed by atoms with E-state index in [0.717, 1.165) is 70.4 Å². The van der Waals surface area contributed by atoms with Crippen LogP contribution in [0.3, 0.4) is 0 Å². The standard InChI is InChI=1S/C78H82BN3OS/c1-72(2,3)47-29-32-66-53(39-47)52-27-22-28-62(70(52)83-66)82-63-45-59-58(76(10,11)36-37-77(59,12)13)44-61(63)79-68-64(41-51(42-65(68)82)80(48-23-18-16-19-24-48)49-25-20-17-21-26-49)81(50-30-31-55-56(40-50)74(6,7)34-33-73(55,4)5)69-54-43-57-60(46-67(54)84-71(69)79)78(14,15)38-35-75(57,8)9/h16-32,39-46H,33-38H2,1-15H3. The van der Waals surface area contributed by atoms with Crippen molar-refractivity contribution in [3.8, 4) is 0 Å². The molecule has 0 fully saturated rings. The van der Waals surface area contributed by atoms with E-state index in [4.69, 9.17) is 4.42 Å². The van der Waals surface area contributed by atoms with Gasteiger partial charge in [-0.2, -0.15) is 0 Å². The quantitative estimate of drug-likeness (QED) is 0.160. The van der Waals surface area contributed by atoms with Gasteiger partial charge in [-0.15, -0.1) is 11.3 Å². The Morgan fingerprint density at radius 1 is 0.440 bits per heavy atom. The van der Waals surface area contributed by atoms with Gasteiger partial charge in [-0.05, 0) is 211 Å². The summed E-state index contributed by atoms with van der Waals surface area (Å²) in [6, 6.07) is 59.3. The Hall–Kier alpha value is -7.02. The van der Waals surface area contributed by atoms with Crippen molar-refractivity contribution in [3.63, 3.8) is 0 Å². The Balaban J connectivity index is 1.13. The minimum atomic E-state index is -0.0674. The summed E-state index contributed by atoms with van der Waals surface area (Å²) in [5.41, 5.74) is 25.4. The molecule has 0 atom stereocenters. The van der Waals surface area contributed by atoms with Gasteiger partial charge in [0.2, 0.25) is 0 Å². The first-order valence-electron chi connectivity index (χ1n) is 31.3. The van der Waals surface area contributed by atoms with Crippen LogP contribution in [0, 0.1) is 0 Å². The lowest BCUT2D eigenvalue weighted by atomic mass is 9.35. The zero-order chi connectivity index (χ0) is 58.6. The molecule has 424 valence electrons. The molecule has 8 aromatic carbocycles. The summed E-state index contributed by atoms with van der Waals surface area (Å²) in [4.78, 5) is 7.91. The summed E-state index contributed by atoms with van der Waals surface area (Å²) in [5, 5.41) is 3.66. The van der Waals surface area contributed by atoms with Gasteiger partial charge in [0.25, 0.3) is 6.71 Å². The number of furan rings is 1. The second-order valence-corrected chi connectivity index (χ2v) is 32.0. The SMILES string of the molecule is CC(C)(C)c1ccc2oc3c(N4c5cc6c(cc5B5c7sc8cc9c(cc8c7N(c7ccc8c(c7)C(C)(C)CCC8(C)C)c7cc(N(c8ccccc8)c8ccccc8)cc4c75)C(C)(C)CCC9(C)C)C(C)(C)CCC6(C)C)cccc3c2c1. The van der Waals surface area contributed by atoms with E-state index >= 15 is 0 Å². The molecule has 0 N–H and O–H groups in total. The van der Waals surface area contributed by atoms with Gasteiger partial charge in [0, 0.05) is 59.8 Å². The maximum Gasteiger partial charge on any atom is 0.264 e. The molecule has 0 bridgehead atoms. The number of hydrogen-bond donors (Lipinski definition) is 0. The van der Waals surface area contributed by atoms with Crippen LogP contribution >= 0.6 is 11.3 Å². The topological polar surface area (TPSA) is 22.9 Å². The van der Waals surface area contributed by atoms with Crippen LogP contribution in [0.4, 0.5) is 51.2 Å². The molecule has 6 heteroatoms. The van der Waals surface area contributed by atoms with Gasteiger partial charge in [-0.25, -0.2) is 0 Å². The third kappa shape index (κ3) is 7.90. The largest absolute Gasteiger partial charge is 0.454 e. The molecule has 0 saturated carbocycles. The lowest BCUT2D eigenvalue weighted by molar-refractivity contribution is 0.332. The molecule has 0 unspecified atom stereocenters. The van der Waals surface area contributed by atoms with E-state index in [1.54, 1.807) is 0 Å². The maximum absolute atomic E-state index is 7.33. The fourth-order valence-corrected chi connectivity index (χ4v) is 17.3. The molecule has 0 saturated heterocycles. The second kappa shape index (κ2) is 17.8. The summed E-state index contributed by atoms with van der Waals surface area (Å²) in [7, 11) is 0. The number of nitrogens with zero attached hydrogens (tertiary/aromatic N) is 3. The van der Waals surface area contributed by atoms with E-state index < -0.39 is 0 Å². The number of anilines is 9. The number of rotatable bonds is 5. The summed E-state index contributed by atoms with van der Waals surface area (Å²) >= 11 is 2.06. The summed E-state index contributed by atoms with van der Waals surface area (Å²) in [5.74, 6) is 0. The van der Waals surface area contributed by atoms with Crippen molar-refractivity contribution >= 4 is 117 Å². The molecule has 3 aliphatic carbocycles. The molecule has 5 aliphatic rings. The van der Waals surface area contributed by atoms with E-state index in [-0.39, 0.29) is 44.6 Å². The zero-order valence-corrected chi connectivity index (χ0v) is 53.2. The molecular formula is C78H82BN3OS. The molecule has 2 aromatic heterocycles. The van der Waals surface area contributed by atoms with Gasteiger partial charge in [0.15, 0.2) is 5.58 Å². The molecule has 84 heavy (non-hydrogen) atoms. The van der Waals surface area contributed by atoms with Crippen molar-refractivity contribution < 1.29 is 4.42 Å². The van der Waals surface area contributed by atoms with E-state index in [0.29, 0.717) is 0 Å². The van der Waals surface area contributed by atoms with Crippen LogP contribution < -0.4 is 30.4 Å². The van der Waals surface area contributed by atoms with Crippen LogP contribution in [-0.2, 0) is 37.9 Å². The maximum atomic E-state index is 7.33. The predicted molar refractivity (Wildman–Crippen MR) is 362 cm³/mol. The molecule has 0 radical (unpaired) electrons. The van der Waals surface area contributed by atoms with Crippen LogP contribution in [0.1, 0.15) is 181 Å². The van der Waals surface area contributed by atoms with E-state index in [9.17, 15) is 0 Å². The minimum absolute atomic E-state index is 0.000421. The third-order valence-corrected chi connectivity index (χ3v) is 22.8. The first kappa shape index (κ1) is 53.7. The molecule has 10 aromatic rings. The van der Waals surface area contributed by atoms with Crippen molar-refractivity contribution in [1.82, 2.24) is 0 Å². The molecule has 4 nitrogen and oxygen atoms in total. The number of para-hydroxylation sites is 3. The molecule has 0 spiro atoms. The molecular weight excluding hydrogens is 1040 g/mol. The normalized spacial score (nSPS) is 19.1. The fraction of sp³-hybridized carbons (Fsp3) is 0.359. The molecule has 15 rings (SSSR count). The highest BCUT2D eigenvalue weighted by Crippen LogP contribution is 2.57. The Morgan fingerprint density at radius 3 is 1.57 bits per heavy atom. The van der Waals surface area contributed by atoms with Crippen LogP contribution in [0.25, 0.3) is 32.0 Å². The first-order valence-corrected chi connectivity index (χ1v) is 32.1. The number of benzene rings is 8. The average Bonchev–Trinajstić information content (AvgIpc) is 1.52. The monoisotopic (exact) mass is 1120 g/mol. The van der Waals surface area contributed by atoms with Gasteiger partial charge in [-0.3, -0.25) is 0 Å². The van der Waals surface area contributed by atoms with E-state index in [1.165, 1.54) is 106 Å². The second-order valence-electron chi connectivity index (χ2n) is 30.9. The third-order valence-electron chi connectivity index (χ3n) is 21.6. The first-order chi connectivity index (χ1) is 39.7. The van der Waals surface area contributed by atoms with Crippen LogP contribution in [-0.4, -0.2) is 6.71 Å². The van der Waals surface area contributed by atoms with Gasteiger partial charge >= 0.3 is 0 Å². The highest BCUT2D eigenvalue weighted by Gasteiger charge is 2.50. The molecule has 2 aliphatic heterocycles. The number of thiophene rings is 1. The average molecular weight is 1120 g/mol. The van der Waals surface area contributed by atoms with Crippen molar-refractivity contribution in [2.45, 2.75) is 180 Å². The van der Waals surface area contributed by atoms with Crippen LogP contribution in [0.15, 0.2) is 156 Å². The van der Waals surface area contributed by atoms with Crippen molar-refractivity contribution in [3.05, 3.63) is 191 Å². The smallest absolute Gasteiger partial charge is 0.264 e. The highest BCUT2D eigenvalue weighted by atomic mass is 32.1. The minimum Gasteiger partial charge on any atom is -0.454 e. The van der Waals surface area contributed by atoms with E-state index in [1.807, 2.05) is 0 Å². The van der Waals surface area contributed by atoms with Crippen molar-refractivity contribution in [2.75, 3.05) is 14.7 Å². The fourth-order valence-electron chi connectivity index (χ4n) is 16.0. The summed E-state index contributed by atoms with van der Waals surface area (Å²) in [6.07, 6.45) is 6.91. The van der Waals surface area contributed by atoms with Gasteiger partial charge in [0.05, 0.1) is 17.1 Å². The number of hydrogen-bond acceptors (Lipinski definition) is 5. The van der Waals surface area contributed by atoms with Gasteiger partial charge in [0.1, 0.15) is 5.58 Å². The van der Waals surface area contributed by atoms with Crippen molar-refractivity contribution in [2.24, 2.45) is 0 Å².